The zero-order valence-corrected chi connectivity index (χ0v) is 22.5. The minimum atomic E-state index is -0.878. The first kappa shape index (κ1) is 25.8. The molecule has 1 heterocycles. The topological polar surface area (TPSA) is 99.5 Å². The number of nitriles is 1. The van der Waals surface area contributed by atoms with Gasteiger partial charge < -0.3 is 15.0 Å². The quantitative estimate of drug-likeness (QED) is 0.442. The average molecular weight is 534 g/mol. The summed E-state index contributed by atoms with van der Waals surface area (Å²) in [4.78, 5) is 40.3. The Hall–Kier alpha value is -4.44. The maximum Gasteiger partial charge on any atom is 0.337 e. The molecule has 0 unspecified atom stereocenters. The minimum Gasteiger partial charge on any atom is -0.465 e. The lowest BCUT2D eigenvalue weighted by Gasteiger charge is -2.33. The van der Waals surface area contributed by atoms with Gasteiger partial charge in [-0.15, -0.1) is 0 Å². The summed E-state index contributed by atoms with van der Waals surface area (Å²) >= 11 is 0. The number of esters is 1. The number of rotatable bonds is 7. The van der Waals surface area contributed by atoms with Gasteiger partial charge in [-0.25, -0.2) is 4.79 Å². The first-order valence-corrected chi connectivity index (χ1v) is 13.8. The molecule has 0 radical (unpaired) electrons. The van der Waals surface area contributed by atoms with Crippen LogP contribution in [-0.2, 0) is 33.8 Å². The third-order valence-corrected chi connectivity index (χ3v) is 8.57. The van der Waals surface area contributed by atoms with Crippen LogP contribution in [-0.4, -0.2) is 36.3 Å². The van der Waals surface area contributed by atoms with Crippen molar-refractivity contribution >= 4 is 17.8 Å². The van der Waals surface area contributed by atoms with E-state index < -0.39 is 11.4 Å². The Morgan fingerprint density at radius 1 is 1.05 bits per heavy atom. The Morgan fingerprint density at radius 2 is 1.85 bits per heavy atom. The molecule has 7 heteroatoms. The molecular weight excluding hydrogens is 502 g/mol. The predicted octanol–water partition coefficient (Wildman–Crippen LogP) is 4.75. The Morgan fingerprint density at radius 3 is 2.58 bits per heavy atom. The second-order valence-corrected chi connectivity index (χ2v) is 11.0. The van der Waals surface area contributed by atoms with E-state index in [1.807, 2.05) is 48.5 Å². The van der Waals surface area contributed by atoms with E-state index in [1.165, 1.54) is 12.7 Å². The summed E-state index contributed by atoms with van der Waals surface area (Å²) < 4.78 is 4.91. The third kappa shape index (κ3) is 4.75. The van der Waals surface area contributed by atoms with Crippen molar-refractivity contribution in [3.63, 3.8) is 0 Å². The van der Waals surface area contributed by atoms with Crippen molar-refractivity contribution in [1.82, 2.24) is 10.2 Å². The van der Waals surface area contributed by atoms with Crippen molar-refractivity contribution in [2.75, 3.05) is 13.7 Å². The Bertz CT molecular complexity index is 1540. The molecule has 40 heavy (non-hydrogen) atoms. The lowest BCUT2D eigenvalue weighted by molar-refractivity contribution is -0.136. The monoisotopic (exact) mass is 533 g/mol. The lowest BCUT2D eigenvalue weighted by atomic mass is 9.86. The van der Waals surface area contributed by atoms with Gasteiger partial charge in [-0.2, -0.15) is 5.26 Å². The molecular formula is C33H31N3O4. The molecule has 2 fully saturated rings. The zero-order valence-electron chi connectivity index (χ0n) is 22.5. The van der Waals surface area contributed by atoms with Gasteiger partial charge in [0.05, 0.1) is 18.7 Å². The molecule has 0 bridgehead atoms. The highest BCUT2D eigenvalue weighted by atomic mass is 16.5. The number of nitrogens with one attached hydrogen (secondary N) is 1. The molecule has 3 aliphatic rings. The van der Waals surface area contributed by atoms with Gasteiger partial charge in [-0.1, -0.05) is 54.6 Å². The molecule has 3 aromatic carbocycles. The Kier molecular flexibility index (Phi) is 6.63. The van der Waals surface area contributed by atoms with Crippen molar-refractivity contribution in [1.29, 1.82) is 5.26 Å². The molecule has 2 saturated carbocycles. The van der Waals surface area contributed by atoms with E-state index in [4.69, 9.17) is 4.74 Å². The largest absolute Gasteiger partial charge is 0.465 e. The van der Waals surface area contributed by atoms with E-state index in [9.17, 15) is 19.6 Å². The van der Waals surface area contributed by atoms with Crippen LogP contribution in [0.3, 0.4) is 0 Å². The molecule has 3 aromatic rings. The van der Waals surface area contributed by atoms with Crippen molar-refractivity contribution in [2.24, 2.45) is 11.3 Å². The smallest absolute Gasteiger partial charge is 0.337 e. The first-order chi connectivity index (χ1) is 19.4. The number of amides is 2. The summed E-state index contributed by atoms with van der Waals surface area (Å²) in [6, 6.07) is 23.8. The number of carbonyl (C=O) groups excluding carboxylic acids is 3. The molecule has 2 aliphatic carbocycles. The molecule has 2 amide bonds. The number of benzene rings is 3. The molecule has 0 spiro atoms. The summed E-state index contributed by atoms with van der Waals surface area (Å²) in [5.41, 5.74) is 5.76. The van der Waals surface area contributed by atoms with Gasteiger partial charge in [-0.05, 0) is 77.1 Å². The number of ether oxygens (including phenoxy) is 1. The van der Waals surface area contributed by atoms with Crippen LogP contribution in [0.1, 0.15) is 57.8 Å². The van der Waals surface area contributed by atoms with Crippen LogP contribution in [0.2, 0.25) is 0 Å². The molecule has 1 N–H and O–H groups in total. The van der Waals surface area contributed by atoms with Crippen molar-refractivity contribution < 1.29 is 19.1 Å². The van der Waals surface area contributed by atoms with Crippen molar-refractivity contribution in [3.05, 3.63) is 94.5 Å². The summed E-state index contributed by atoms with van der Waals surface area (Å²) in [6.07, 6.45) is 2.70. The Balaban J connectivity index is 1.27. The van der Waals surface area contributed by atoms with Crippen LogP contribution in [0, 0.1) is 22.7 Å². The number of methoxy groups -OCH3 is 1. The van der Waals surface area contributed by atoms with Gasteiger partial charge in [0.25, 0.3) is 0 Å². The average Bonchev–Trinajstić information content (AvgIpc) is 3.94. The zero-order chi connectivity index (χ0) is 27.9. The van der Waals surface area contributed by atoms with Gasteiger partial charge in [0.2, 0.25) is 11.8 Å². The summed E-state index contributed by atoms with van der Waals surface area (Å²) in [7, 11) is 1.36. The molecule has 2 atom stereocenters. The van der Waals surface area contributed by atoms with Crippen LogP contribution in [0.4, 0.5) is 0 Å². The fourth-order valence-corrected chi connectivity index (χ4v) is 5.95. The van der Waals surface area contributed by atoms with Crippen LogP contribution < -0.4 is 5.32 Å². The minimum absolute atomic E-state index is 0.0259. The summed E-state index contributed by atoms with van der Waals surface area (Å²) in [6.45, 7) is 1.28. The molecule has 0 aromatic heterocycles. The fourth-order valence-electron chi connectivity index (χ4n) is 5.95. The van der Waals surface area contributed by atoms with E-state index in [0.717, 1.165) is 34.2 Å². The molecule has 1 aliphatic heterocycles. The van der Waals surface area contributed by atoms with Crippen LogP contribution in [0.25, 0.3) is 11.1 Å². The lowest BCUT2D eigenvalue weighted by Crippen LogP contribution is -2.41. The SMILES string of the molecule is COC(=O)c1cccc(-c2ccc(CNC(=O)[C@H]3C[C@@H]3c3ccccc3)c3c2CCN(C(=O)C2(C#N)CC2)C3)c1. The number of hydrogen-bond donors (Lipinski definition) is 1. The maximum atomic E-state index is 13.3. The standard InChI is InChI=1S/C33H31N3O4/c1-40-31(38)23-9-5-8-22(16-23)25-11-10-24(18-35-30(37)28-17-27(28)21-6-3-2-4-7-21)29-19-36(15-12-26(25)29)32(39)33(20-34)13-14-33/h2-11,16,27-28H,12-15,17-19H2,1H3,(H,35,37)/t27-,28+/m1/s1. The number of hydrogen-bond acceptors (Lipinski definition) is 5. The second kappa shape index (κ2) is 10.3. The summed E-state index contributed by atoms with van der Waals surface area (Å²) in [5, 5.41) is 12.8. The number of nitrogens with zero attached hydrogens (tertiary/aromatic N) is 2. The highest BCUT2D eigenvalue weighted by Gasteiger charge is 2.53. The molecule has 202 valence electrons. The normalized spacial score (nSPS) is 20.1. The third-order valence-electron chi connectivity index (χ3n) is 8.57. The molecule has 6 rings (SSSR count). The van der Waals surface area contributed by atoms with Crippen molar-refractivity contribution in [2.45, 2.75) is 44.7 Å². The van der Waals surface area contributed by atoms with Gasteiger partial charge in [-0.3, -0.25) is 9.59 Å². The molecule has 7 nitrogen and oxygen atoms in total. The first-order valence-electron chi connectivity index (χ1n) is 13.8. The molecule has 0 saturated heterocycles. The maximum absolute atomic E-state index is 13.3. The van der Waals surface area contributed by atoms with Crippen LogP contribution >= 0.6 is 0 Å². The van der Waals surface area contributed by atoms with E-state index in [-0.39, 0.29) is 23.7 Å². The fraction of sp³-hybridized carbons (Fsp3) is 0.333. The van der Waals surface area contributed by atoms with E-state index in [2.05, 4.69) is 23.5 Å². The highest BCUT2D eigenvalue weighted by molar-refractivity contribution is 5.91. The number of fused-ring (bicyclic) bond motifs is 1. The van der Waals surface area contributed by atoms with Gasteiger partial charge in [0.15, 0.2) is 0 Å². The van der Waals surface area contributed by atoms with Crippen LogP contribution in [0.15, 0.2) is 66.7 Å². The van der Waals surface area contributed by atoms with Gasteiger partial charge in [0, 0.05) is 25.6 Å². The number of carbonyl (C=O) groups is 3. The van der Waals surface area contributed by atoms with Gasteiger partial charge >= 0.3 is 5.97 Å². The summed E-state index contributed by atoms with van der Waals surface area (Å²) in [5.74, 6) is -0.220. The Labute approximate surface area is 233 Å². The van der Waals surface area contributed by atoms with E-state index >= 15 is 0 Å². The second-order valence-electron chi connectivity index (χ2n) is 11.0. The highest BCUT2D eigenvalue weighted by Crippen LogP contribution is 2.48. The van der Waals surface area contributed by atoms with E-state index in [0.29, 0.717) is 44.5 Å². The van der Waals surface area contributed by atoms with Crippen molar-refractivity contribution in [3.8, 4) is 17.2 Å². The van der Waals surface area contributed by atoms with Gasteiger partial charge in [0.1, 0.15) is 5.41 Å². The van der Waals surface area contributed by atoms with E-state index in [1.54, 1.807) is 11.0 Å². The van der Waals surface area contributed by atoms with Crippen LogP contribution in [0.5, 0.6) is 0 Å². The predicted molar refractivity (Wildman–Crippen MR) is 149 cm³/mol.